The lowest BCUT2D eigenvalue weighted by atomic mass is 9.86. The van der Waals surface area contributed by atoms with Crippen LogP contribution in [-0.2, 0) is 17.9 Å². The third-order valence-corrected chi connectivity index (χ3v) is 2.71. The molecule has 0 aliphatic carbocycles. The van der Waals surface area contributed by atoms with Crippen molar-refractivity contribution in [2.75, 3.05) is 0 Å². The van der Waals surface area contributed by atoms with Crippen molar-refractivity contribution < 1.29 is 14.4 Å². The molecule has 0 saturated heterocycles. The number of hydrogen-bond acceptors (Lipinski definition) is 4. The molecule has 86 valence electrons. The average molecular weight is 230 g/mol. The van der Waals surface area contributed by atoms with Crippen molar-refractivity contribution in [3.8, 4) is 5.75 Å². The maximum atomic E-state index is 9.27. The summed E-state index contributed by atoms with van der Waals surface area (Å²) in [7, 11) is -0.537. The summed E-state index contributed by atoms with van der Waals surface area (Å²) in [6.07, 6.45) is 3.37. The summed E-state index contributed by atoms with van der Waals surface area (Å²) in [4.78, 5) is 7.05. The number of benzene rings is 1. The Balaban J connectivity index is 1.94. The highest BCUT2D eigenvalue weighted by molar-refractivity contribution is 6.60. The standard InChI is InChI=1S/C11H11BN2O3/c15-6-8-2-1-3-9-7-16-12(17-10(8)9)11-13-4-5-14-11/h1-5,15H,6-7H2,(H,13,14). The fraction of sp³-hybridized carbons (Fsp3) is 0.182. The van der Waals surface area contributed by atoms with Gasteiger partial charge in [0.05, 0.1) is 13.2 Å². The first kappa shape index (κ1) is 10.4. The number of hydrogen-bond donors (Lipinski definition) is 2. The topological polar surface area (TPSA) is 67.4 Å². The van der Waals surface area contributed by atoms with E-state index in [1.165, 1.54) is 0 Å². The van der Waals surface area contributed by atoms with Gasteiger partial charge in [0.25, 0.3) is 0 Å². The molecule has 5 nitrogen and oxygen atoms in total. The lowest BCUT2D eigenvalue weighted by Gasteiger charge is -2.24. The van der Waals surface area contributed by atoms with E-state index < -0.39 is 7.12 Å². The molecule has 1 aliphatic heterocycles. The minimum absolute atomic E-state index is 0.0476. The average Bonchev–Trinajstić information content (AvgIpc) is 2.91. The van der Waals surface area contributed by atoms with Gasteiger partial charge in [-0.1, -0.05) is 18.2 Å². The van der Waals surface area contributed by atoms with Crippen molar-refractivity contribution in [1.29, 1.82) is 0 Å². The van der Waals surface area contributed by atoms with E-state index in [1.807, 2.05) is 18.2 Å². The number of fused-ring (bicyclic) bond motifs is 1. The zero-order valence-corrected chi connectivity index (χ0v) is 9.09. The summed E-state index contributed by atoms with van der Waals surface area (Å²) in [5.74, 6) is 0.697. The number of aliphatic hydroxyl groups is 1. The van der Waals surface area contributed by atoms with Crippen LogP contribution in [0, 0.1) is 0 Å². The number of aliphatic hydroxyl groups excluding tert-OH is 1. The second-order valence-electron chi connectivity index (χ2n) is 3.80. The van der Waals surface area contributed by atoms with Crippen LogP contribution >= 0.6 is 0 Å². The molecular weight excluding hydrogens is 219 g/mol. The zero-order valence-electron chi connectivity index (χ0n) is 9.09. The fourth-order valence-corrected chi connectivity index (χ4v) is 1.88. The molecule has 2 N–H and O–H groups in total. The molecule has 0 radical (unpaired) electrons. The van der Waals surface area contributed by atoms with Crippen LogP contribution in [0.3, 0.4) is 0 Å². The Bertz CT molecular complexity index is 501. The van der Waals surface area contributed by atoms with E-state index in [0.717, 1.165) is 11.1 Å². The first-order chi connectivity index (χ1) is 8.38. The van der Waals surface area contributed by atoms with Gasteiger partial charge in [0.15, 0.2) is 5.72 Å². The Morgan fingerprint density at radius 3 is 3.18 bits per heavy atom. The molecule has 0 atom stereocenters. The Morgan fingerprint density at radius 2 is 2.41 bits per heavy atom. The van der Waals surface area contributed by atoms with E-state index in [4.69, 9.17) is 9.31 Å². The molecule has 0 saturated carbocycles. The van der Waals surface area contributed by atoms with Crippen LogP contribution in [-0.4, -0.2) is 22.2 Å². The molecule has 1 aromatic heterocycles. The van der Waals surface area contributed by atoms with Crippen LogP contribution in [0.5, 0.6) is 5.75 Å². The lowest BCUT2D eigenvalue weighted by Crippen LogP contribution is -2.44. The smallest absolute Gasteiger partial charge is 0.530 e. The SMILES string of the molecule is OCc1cccc2c1OB(c1ncc[nH]1)OC2. The van der Waals surface area contributed by atoms with Gasteiger partial charge in [0.1, 0.15) is 5.75 Å². The number of nitrogens with zero attached hydrogens (tertiary/aromatic N) is 1. The van der Waals surface area contributed by atoms with Crippen molar-refractivity contribution in [3.63, 3.8) is 0 Å². The summed E-state index contributed by atoms with van der Waals surface area (Å²) >= 11 is 0. The number of aromatic nitrogens is 2. The van der Waals surface area contributed by atoms with E-state index in [2.05, 4.69) is 9.97 Å². The number of para-hydroxylation sites is 1. The number of aromatic amines is 1. The molecule has 2 heterocycles. The van der Waals surface area contributed by atoms with Crippen LogP contribution in [0.2, 0.25) is 0 Å². The van der Waals surface area contributed by atoms with Crippen LogP contribution in [0.25, 0.3) is 0 Å². The second kappa shape index (κ2) is 4.23. The zero-order chi connectivity index (χ0) is 11.7. The fourth-order valence-electron chi connectivity index (χ4n) is 1.88. The second-order valence-corrected chi connectivity index (χ2v) is 3.80. The predicted octanol–water partition coefficient (Wildman–Crippen LogP) is 0.206. The van der Waals surface area contributed by atoms with E-state index in [1.54, 1.807) is 12.4 Å². The Labute approximate surface area is 98.6 Å². The minimum atomic E-state index is -0.537. The summed E-state index contributed by atoms with van der Waals surface area (Å²) in [6, 6.07) is 5.64. The summed E-state index contributed by atoms with van der Waals surface area (Å²) in [5, 5.41) is 9.27. The summed E-state index contributed by atoms with van der Waals surface area (Å²) < 4.78 is 11.3. The maximum Gasteiger partial charge on any atom is 0.600 e. The molecule has 2 aromatic rings. The number of imidazole rings is 1. The molecular formula is C11H11BN2O3. The van der Waals surface area contributed by atoms with Crippen molar-refractivity contribution in [2.24, 2.45) is 0 Å². The van der Waals surface area contributed by atoms with Gasteiger partial charge in [-0.25, -0.2) is 4.98 Å². The van der Waals surface area contributed by atoms with E-state index >= 15 is 0 Å². The van der Waals surface area contributed by atoms with E-state index in [9.17, 15) is 5.11 Å². The largest absolute Gasteiger partial charge is 0.600 e. The monoisotopic (exact) mass is 230 g/mol. The Hall–Kier alpha value is -1.79. The van der Waals surface area contributed by atoms with Crippen LogP contribution in [0.15, 0.2) is 30.6 Å². The van der Waals surface area contributed by atoms with Gasteiger partial charge >= 0.3 is 7.12 Å². The first-order valence-corrected chi connectivity index (χ1v) is 5.37. The molecule has 0 unspecified atom stereocenters. The molecule has 1 aliphatic rings. The molecule has 6 heteroatoms. The van der Waals surface area contributed by atoms with Gasteiger partial charge in [0.2, 0.25) is 0 Å². The summed E-state index contributed by atoms with van der Waals surface area (Å²) in [5.41, 5.74) is 2.34. The highest BCUT2D eigenvalue weighted by Gasteiger charge is 2.32. The predicted molar refractivity (Wildman–Crippen MR) is 61.8 cm³/mol. The number of rotatable bonds is 2. The van der Waals surface area contributed by atoms with Gasteiger partial charge in [-0.3, -0.25) is 0 Å². The number of H-pyrrole nitrogens is 1. The Kier molecular flexibility index (Phi) is 2.58. The Morgan fingerprint density at radius 1 is 1.47 bits per heavy atom. The van der Waals surface area contributed by atoms with Crippen molar-refractivity contribution in [1.82, 2.24) is 9.97 Å². The van der Waals surface area contributed by atoms with Crippen LogP contribution in [0.4, 0.5) is 0 Å². The third kappa shape index (κ3) is 1.81. The molecule has 0 spiro atoms. The van der Waals surface area contributed by atoms with Crippen molar-refractivity contribution in [2.45, 2.75) is 13.2 Å². The minimum Gasteiger partial charge on any atom is -0.530 e. The van der Waals surface area contributed by atoms with Crippen molar-refractivity contribution in [3.05, 3.63) is 41.7 Å². The molecule has 0 fully saturated rings. The van der Waals surface area contributed by atoms with Gasteiger partial charge in [-0.15, -0.1) is 0 Å². The normalized spacial score (nSPS) is 14.3. The molecule has 1 aromatic carbocycles. The van der Waals surface area contributed by atoms with Gasteiger partial charge in [-0.2, -0.15) is 0 Å². The summed E-state index contributed by atoms with van der Waals surface area (Å²) in [6.45, 7) is 0.405. The molecule has 3 rings (SSSR count). The number of nitrogens with one attached hydrogen (secondary N) is 1. The molecule has 0 bridgehead atoms. The van der Waals surface area contributed by atoms with Gasteiger partial charge in [0, 0.05) is 23.5 Å². The molecule has 0 amide bonds. The van der Waals surface area contributed by atoms with Crippen LogP contribution < -0.4 is 10.4 Å². The molecule has 17 heavy (non-hydrogen) atoms. The van der Waals surface area contributed by atoms with Gasteiger partial charge in [-0.05, 0) is 0 Å². The quantitative estimate of drug-likeness (QED) is 0.723. The van der Waals surface area contributed by atoms with E-state index in [-0.39, 0.29) is 6.61 Å². The maximum absolute atomic E-state index is 9.27. The lowest BCUT2D eigenvalue weighted by molar-refractivity contribution is 0.229. The van der Waals surface area contributed by atoms with Gasteiger partial charge < -0.3 is 19.4 Å². The first-order valence-electron chi connectivity index (χ1n) is 5.37. The highest BCUT2D eigenvalue weighted by atomic mass is 16.6. The van der Waals surface area contributed by atoms with Crippen molar-refractivity contribution >= 4 is 12.8 Å². The third-order valence-electron chi connectivity index (χ3n) is 2.71. The van der Waals surface area contributed by atoms with E-state index in [0.29, 0.717) is 18.1 Å². The van der Waals surface area contributed by atoms with Crippen LogP contribution in [0.1, 0.15) is 11.1 Å². The highest BCUT2D eigenvalue weighted by Crippen LogP contribution is 2.28.